The van der Waals surface area contributed by atoms with E-state index in [1.807, 2.05) is 37.3 Å². The summed E-state index contributed by atoms with van der Waals surface area (Å²) in [4.78, 5) is 2.18. The van der Waals surface area contributed by atoms with Crippen molar-refractivity contribution in [1.29, 1.82) is 0 Å². The zero-order valence-electron chi connectivity index (χ0n) is 14.0. The third kappa shape index (κ3) is 4.88. The van der Waals surface area contributed by atoms with Crippen LogP contribution in [-0.2, 0) is 16.1 Å². The van der Waals surface area contributed by atoms with Crippen LogP contribution in [0, 0.1) is 6.92 Å². The zero-order chi connectivity index (χ0) is 16.8. The molecule has 2 aromatic rings. The number of ether oxygens (including phenoxy) is 2. The van der Waals surface area contributed by atoms with E-state index in [0.717, 1.165) is 37.6 Å². The molecule has 0 bridgehead atoms. The molecule has 6 heteroatoms. The number of rotatable bonds is 7. The molecule has 1 fully saturated rings. The monoisotopic (exact) mass is 332 g/mol. The number of nitrogens with zero attached hydrogens (tertiary/aromatic N) is 2. The molecule has 0 spiro atoms. The summed E-state index contributed by atoms with van der Waals surface area (Å²) >= 11 is 0. The summed E-state index contributed by atoms with van der Waals surface area (Å²) in [5.41, 5.74) is 3.02. The van der Waals surface area contributed by atoms with Crippen molar-refractivity contribution in [2.45, 2.75) is 19.6 Å². The van der Waals surface area contributed by atoms with Gasteiger partial charge in [0.1, 0.15) is 12.3 Å². The molecule has 0 saturated carbocycles. The SMILES string of the molecule is Cc1ccc(-c2cc(COCC(O)CN3CCOCC3)on2)cc1. The first-order chi connectivity index (χ1) is 11.7. The van der Waals surface area contributed by atoms with Crippen molar-refractivity contribution in [3.05, 3.63) is 41.7 Å². The average molecular weight is 332 g/mol. The van der Waals surface area contributed by atoms with Crippen molar-refractivity contribution in [3.63, 3.8) is 0 Å². The molecular weight excluding hydrogens is 308 g/mol. The van der Waals surface area contributed by atoms with Crippen molar-refractivity contribution in [2.75, 3.05) is 39.5 Å². The Morgan fingerprint density at radius 2 is 2.00 bits per heavy atom. The molecule has 130 valence electrons. The highest BCUT2D eigenvalue weighted by Gasteiger charge is 2.15. The van der Waals surface area contributed by atoms with Gasteiger partial charge in [0.2, 0.25) is 0 Å². The lowest BCUT2D eigenvalue weighted by atomic mass is 10.1. The highest BCUT2D eigenvalue weighted by molar-refractivity contribution is 5.59. The van der Waals surface area contributed by atoms with E-state index in [1.54, 1.807) is 0 Å². The lowest BCUT2D eigenvalue weighted by Gasteiger charge is -2.28. The molecule has 24 heavy (non-hydrogen) atoms. The van der Waals surface area contributed by atoms with E-state index < -0.39 is 6.10 Å². The highest BCUT2D eigenvalue weighted by Crippen LogP contribution is 2.20. The number of β-amino-alcohol motifs (C(OH)–C–C–N with tert-alkyl or cyclic N) is 1. The van der Waals surface area contributed by atoms with Gasteiger partial charge in [-0.2, -0.15) is 0 Å². The van der Waals surface area contributed by atoms with Crippen LogP contribution < -0.4 is 0 Å². The third-order valence-electron chi connectivity index (χ3n) is 4.03. The lowest BCUT2D eigenvalue weighted by molar-refractivity contribution is -0.0204. The van der Waals surface area contributed by atoms with E-state index in [2.05, 4.69) is 10.1 Å². The molecule has 1 aromatic carbocycles. The van der Waals surface area contributed by atoms with Crippen LogP contribution in [0.5, 0.6) is 0 Å². The van der Waals surface area contributed by atoms with Gasteiger partial charge in [0.15, 0.2) is 5.76 Å². The normalized spacial score (nSPS) is 17.1. The molecule has 0 radical (unpaired) electrons. The Balaban J connectivity index is 1.42. The second-order valence-corrected chi connectivity index (χ2v) is 6.13. The van der Waals surface area contributed by atoms with E-state index in [4.69, 9.17) is 14.0 Å². The molecule has 1 N–H and O–H groups in total. The van der Waals surface area contributed by atoms with Crippen LogP contribution in [0.2, 0.25) is 0 Å². The number of morpholine rings is 1. The summed E-state index contributed by atoms with van der Waals surface area (Å²) in [5.74, 6) is 0.657. The van der Waals surface area contributed by atoms with Crippen molar-refractivity contribution < 1.29 is 19.1 Å². The Morgan fingerprint density at radius 1 is 1.25 bits per heavy atom. The maximum absolute atomic E-state index is 10.0. The summed E-state index contributed by atoms with van der Waals surface area (Å²) in [5, 5.41) is 14.1. The highest BCUT2D eigenvalue weighted by atomic mass is 16.5. The predicted molar refractivity (Wildman–Crippen MR) is 89.6 cm³/mol. The number of aliphatic hydroxyl groups is 1. The quantitative estimate of drug-likeness (QED) is 0.835. The van der Waals surface area contributed by atoms with Crippen LogP contribution in [0.4, 0.5) is 0 Å². The predicted octanol–water partition coefficient (Wildman–Crippen LogP) is 1.86. The van der Waals surface area contributed by atoms with Gasteiger partial charge in [-0.15, -0.1) is 0 Å². The maximum Gasteiger partial charge on any atom is 0.163 e. The Labute approximate surface area is 142 Å². The van der Waals surface area contributed by atoms with E-state index in [-0.39, 0.29) is 6.61 Å². The molecule has 1 aliphatic heterocycles. The third-order valence-corrected chi connectivity index (χ3v) is 4.03. The van der Waals surface area contributed by atoms with E-state index >= 15 is 0 Å². The van der Waals surface area contributed by atoms with Gasteiger partial charge in [0, 0.05) is 31.3 Å². The van der Waals surface area contributed by atoms with Crippen molar-refractivity contribution >= 4 is 0 Å². The van der Waals surface area contributed by atoms with Crippen LogP contribution in [-0.4, -0.2) is 60.7 Å². The average Bonchev–Trinajstić information content (AvgIpc) is 3.05. The van der Waals surface area contributed by atoms with Crippen LogP contribution in [0.15, 0.2) is 34.9 Å². The fourth-order valence-corrected chi connectivity index (χ4v) is 2.67. The lowest BCUT2D eigenvalue weighted by Crippen LogP contribution is -2.42. The minimum atomic E-state index is -0.511. The molecule has 1 atom stereocenters. The fraction of sp³-hybridized carbons (Fsp3) is 0.500. The minimum absolute atomic E-state index is 0.276. The van der Waals surface area contributed by atoms with Gasteiger partial charge in [-0.25, -0.2) is 0 Å². The van der Waals surface area contributed by atoms with Crippen LogP contribution in [0.25, 0.3) is 11.3 Å². The van der Waals surface area contributed by atoms with Gasteiger partial charge >= 0.3 is 0 Å². The summed E-state index contributed by atoms with van der Waals surface area (Å²) in [6.45, 7) is 6.42. The molecule has 3 rings (SSSR count). The topological polar surface area (TPSA) is 68.0 Å². The van der Waals surface area contributed by atoms with Gasteiger partial charge in [-0.05, 0) is 6.92 Å². The van der Waals surface area contributed by atoms with E-state index in [0.29, 0.717) is 18.9 Å². The number of aliphatic hydroxyl groups excluding tert-OH is 1. The molecule has 0 aliphatic carbocycles. The molecule has 6 nitrogen and oxygen atoms in total. The number of aryl methyl sites for hydroxylation is 1. The summed E-state index contributed by atoms with van der Waals surface area (Å²) < 4.78 is 16.1. The maximum atomic E-state index is 10.0. The van der Waals surface area contributed by atoms with Gasteiger partial charge < -0.3 is 19.1 Å². The number of hydrogen-bond donors (Lipinski definition) is 1. The molecule has 1 saturated heterocycles. The van der Waals surface area contributed by atoms with Crippen molar-refractivity contribution in [1.82, 2.24) is 10.1 Å². The molecular formula is C18H24N2O4. The van der Waals surface area contributed by atoms with Crippen molar-refractivity contribution in [3.8, 4) is 11.3 Å². The first-order valence-electron chi connectivity index (χ1n) is 8.29. The summed E-state index contributed by atoms with van der Waals surface area (Å²) in [6, 6.07) is 10.00. The number of aromatic nitrogens is 1. The molecule has 2 heterocycles. The largest absolute Gasteiger partial charge is 0.389 e. The van der Waals surface area contributed by atoms with Gasteiger partial charge in [0.25, 0.3) is 0 Å². The number of benzene rings is 1. The Morgan fingerprint density at radius 3 is 2.75 bits per heavy atom. The smallest absolute Gasteiger partial charge is 0.163 e. The Bertz CT molecular complexity index is 620. The summed E-state index contributed by atoms with van der Waals surface area (Å²) in [7, 11) is 0. The first-order valence-corrected chi connectivity index (χ1v) is 8.29. The minimum Gasteiger partial charge on any atom is -0.389 e. The summed E-state index contributed by atoms with van der Waals surface area (Å²) in [6.07, 6.45) is -0.511. The first kappa shape index (κ1) is 17.1. The van der Waals surface area contributed by atoms with Crippen LogP contribution in [0.3, 0.4) is 0 Å². The van der Waals surface area contributed by atoms with Crippen LogP contribution >= 0.6 is 0 Å². The molecule has 1 unspecified atom stereocenters. The van der Waals surface area contributed by atoms with Gasteiger partial charge in [-0.1, -0.05) is 35.0 Å². The fourth-order valence-electron chi connectivity index (χ4n) is 2.67. The molecule has 1 aromatic heterocycles. The Kier molecular flexibility index (Phi) is 5.98. The van der Waals surface area contributed by atoms with Gasteiger partial charge in [-0.3, -0.25) is 4.90 Å². The standard InChI is InChI=1S/C18H24N2O4/c1-14-2-4-15(5-3-14)18-10-17(24-19-18)13-23-12-16(21)11-20-6-8-22-9-7-20/h2-5,10,16,21H,6-9,11-13H2,1H3. The second-order valence-electron chi connectivity index (χ2n) is 6.13. The number of hydrogen-bond acceptors (Lipinski definition) is 6. The second kappa shape index (κ2) is 8.39. The van der Waals surface area contributed by atoms with E-state index in [9.17, 15) is 5.11 Å². The Hall–Kier alpha value is -1.73. The van der Waals surface area contributed by atoms with Gasteiger partial charge in [0.05, 0.1) is 25.9 Å². The van der Waals surface area contributed by atoms with Crippen LogP contribution in [0.1, 0.15) is 11.3 Å². The van der Waals surface area contributed by atoms with E-state index in [1.165, 1.54) is 5.56 Å². The molecule has 1 aliphatic rings. The molecule has 0 amide bonds. The van der Waals surface area contributed by atoms with Crippen molar-refractivity contribution in [2.24, 2.45) is 0 Å². The zero-order valence-corrected chi connectivity index (χ0v) is 14.0.